The van der Waals surface area contributed by atoms with Crippen LogP contribution in [0.4, 0.5) is 0 Å². The zero-order valence-electron chi connectivity index (χ0n) is 12.3. The molecule has 1 amide bonds. The van der Waals surface area contributed by atoms with Crippen LogP contribution in [-0.2, 0) is 9.84 Å². The second-order valence-electron chi connectivity index (χ2n) is 5.54. The SMILES string of the molecule is CS(=O)(=O)c1cccc(C(=O)N2CCCCCC2CN)c1. The lowest BCUT2D eigenvalue weighted by atomic mass is 10.1. The predicted molar refractivity (Wildman–Crippen MR) is 81.9 cm³/mol. The van der Waals surface area contributed by atoms with Gasteiger partial charge in [0.05, 0.1) is 4.90 Å². The van der Waals surface area contributed by atoms with Crippen molar-refractivity contribution in [3.8, 4) is 0 Å². The van der Waals surface area contributed by atoms with Crippen molar-refractivity contribution in [2.45, 2.75) is 36.6 Å². The minimum Gasteiger partial charge on any atom is -0.334 e. The Bertz CT molecular complexity index is 613. The number of hydrogen-bond donors (Lipinski definition) is 1. The number of benzene rings is 1. The van der Waals surface area contributed by atoms with E-state index in [0.717, 1.165) is 31.9 Å². The van der Waals surface area contributed by atoms with Gasteiger partial charge in [0.15, 0.2) is 9.84 Å². The Morgan fingerprint density at radius 1 is 1.33 bits per heavy atom. The molecule has 5 nitrogen and oxygen atoms in total. The molecule has 1 unspecified atom stereocenters. The maximum absolute atomic E-state index is 12.7. The first-order valence-corrected chi connectivity index (χ1v) is 9.14. The molecule has 0 radical (unpaired) electrons. The zero-order chi connectivity index (χ0) is 15.5. The van der Waals surface area contributed by atoms with E-state index in [1.165, 1.54) is 12.1 Å². The lowest BCUT2D eigenvalue weighted by Gasteiger charge is -2.29. The van der Waals surface area contributed by atoms with Gasteiger partial charge in [-0.1, -0.05) is 18.9 Å². The maximum atomic E-state index is 12.7. The van der Waals surface area contributed by atoms with Crippen LogP contribution in [0, 0.1) is 0 Å². The smallest absolute Gasteiger partial charge is 0.254 e. The minimum absolute atomic E-state index is 0.0434. The third-order valence-corrected chi connectivity index (χ3v) is 5.03. The van der Waals surface area contributed by atoms with Gasteiger partial charge in [0, 0.05) is 31.0 Å². The number of carbonyl (C=O) groups is 1. The third kappa shape index (κ3) is 3.83. The average Bonchev–Trinajstić information content (AvgIpc) is 2.70. The maximum Gasteiger partial charge on any atom is 0.254 e. The first kappa shape index (κ1) is 16.0. The average molecular weight is 310 g/mol. The summed E-state index contributed by atoms with van der Waals surface area (Å²) < 4.78 is 23.2. The number of nitrogens with two attached hydrogens (primary N) is 1. The van der Waals surface area contributed by atoms with Crippen LogP contribution in [0.3, 0.4) is 0 Å². The lowest BCUT2D eigenvalue weighted by Crippen LogP contribution is -2.44. The third-order valence-electron chi connectivity index (χ3n) is 3.92. The van der Waals surface area contributed by atoms with Crippen molar-refractivity contribution in [1.82, 2.24) is 4.90 Å². The molecule has 1 aliphatic rings. The normalized spacial score (nSPS) is 20.1. The molecular weight excluding hydrogens is 288 g/mol. The van der Waals surface area contributed by atoms with Crippen LogP contribution in [0.15, 0.2) is 29.2 Å². The predicted octanol–water partition coefficient (Wildman–Crippen LogP) is 1.43. The molecule has 0 aliphatic carbocycles. The molecule has 116 valence electrons. The molecule has 1 aromatic rings. The number of rotatable bonds is 3. The topological polar surface area (TPSA) is 80.5 Å². The van der Waals surface area contributed by atoms with E-state index in [4.69, 9.17) is 5.73 Å². The second kappa shape index (κ2) is 6.58. The molecule has 0 spiro atoms. The minimum atomic E-state index is -3.31. The molecule has 1 heterocycles. The Morgan fingerprint density at radius 2 is 2.10 bits per heavy atom. The Balaban J connectivity index is 2.30. The number of sulfone groups is 1. The standard InChI is InChI=1S/C15H22N2O3S/c1-21(19,20)14-8-5-6-12(10-14)15(18)17-9-4-2-3-7-13(17)11-16/h5-6,8,10,13H,2-4,7,9,11,16H2,1H3. The summed E-state index contributed by atoms with van der Waals surface area (Å²) in [5.41, 5.74) is 6.20. The largest absolute Gasteiger partial charge is 0.334 e. The van der Waals surface area contributed by atoms with Crippen LogP contribution in [0.1, 0.15) is 36.0 Å². The van der Waals surface area contributed by atoms with Crippen molar-refractivity contribution in [3.63, 3.8) is 0 Å². The van der Waals surface area contributed by atoms with Crippen LogP contribution in [0.2, 0.25) is 0 Å². The molecule has 21 heavy (non-hydrogen) atoms. The van der Waals surface area contributed by atoms with Gasteiger partial charge in [-0.05, 0) is 31.0 Å². The fourth-order valence-electron chi connectivity index (χ4n) is 2.72. The molecule has 1 fully saturated rings. The van der Waals surface area contributed by atoms with Gasteiger partial charge in [0.25, 0.3) is 5.91 Å². The molecule has 6 heteroatoms. The quantitative estimate of drug-likeness (QED) is 0.916. The Labute approximate surface area is 126 Å². The van der Waals surface area contributed by atoms with Crippen LogP contribution >= 0.6 is 0 Å². The van der Waals surface area contributed by atoms with Crippen molar-refractivity contribution < 1.29 is 13.2 Å². The highest BCUT2D eigenvalue weighted by molar-refractivity contribution is 7.90. The van der Waals surface area contributed by atoms with E-state index in [0.29, 0.717) is 18.7 Å². The highest BCUT2D eigenvalue weighted by atomic mass is 32.2. The summed E-state index contributed by atoms with van der Waals surface area (Å²) in [6, 6.07) is 6.28. The van der Waals surface area contributed by atoms with Gasteiger partial charge in [-0.15, -0.1) is 0 Å². The Morgan fingerprint density at radius 3 is 2.76 bits per heavy atom. The highest BCUT2D eigenvalue weighted by Gasteiger charge is 2.25. The van der Waals surface area contributed by atoms with Crippen molar-refractivity contribution in [1.29, 1.82) is 0 Å². The fraction of sp³-hybridized carbons (Fsp3) is 0.533. The van der Waals surface area contributed by atoms with E-state index in [9.17, 15) is 13.2 Å². The number of hydrogen-bond acceptors (Lipinski definition) is 4. The lowest BCUT2D eigenvalue weighted by molar-refractivity contribution is 0.0689. The molecule has 0 saturated carbocycles. The van der Waals surface area contributed by atoms with Gasteiger partial charge in [-0.2, -0.15) is 0 Å². The van der Waals surface area contributed by atoms with Crippen LogP contribution < -0.4 is 5.73 Å². The summed E-state index contributed by atoms with van der Waals surface area (Å²) in [4.78, 5) is 14.7. The van der Waals surface area contributed by atoms with Crippen molar-refractivity contribution in [2.24, 2.45) is 5.73 Å². The molecular formula is C15H22N2O3S. The van der Waals surface area contributed by atoms with Gasteiger partial charge in [0.2, 0.25) is 0 Å². The Hall–Kier alpha value is -1.40. The first-order chi connectivity index (χ1) is 9.93. The Kier molecular flexibility index (Phi) is 5.00. The number of likely N-dealkylation sites (tertiary alicyclic amines) is 1. The van der Waals surface area contributed by atoms with E-state index >= 15 is 0 Å². The summed E-state index contributed by atoms with van der Waals surface area (Å²) in [5, 5.41) is 0. The summed E-state index contributed by atoms with van der Waals surface area (Å²) in [6.07, 6.45) is 5.20. The summed E-state index contributed by atoms with van der Waals surface area (Å²) >= 11 is 0. The van der Waals surface area contributed by atoms with Gasteiger partial charge in [-0.3, -0.25) is 4.79 Å². The molecule has 2 N–H and O–H groups in total. The molecule has 2 rings (SSSR count). The first-order valence-electron chi connectivity index (χ1n) is 7.24. The zero-order valence-corrected chi connectivity index (χ0v) is 13.1. The highest BCUT2D eigenvalue weighted by Crippen LogP contribution is 2.20. The number of nitrogens with zero attached hydrogens (tertiary/aromatic N) is 1. The molecule has 0 aromatic heterocycles. The van der Waals surface area contributed by atoms with E-state index in [1.54, 1.807) is 17.0 Å². The second-order valence-corrected chi connectivity index (χ2v) is 7.55. The van der Waals surface area contributed by atoms with Crippen molar-refractivity contribution >= 4 is 15.7 Å². The van der Waals surface area contributed by atoms with E-state index in [2.05, 4.69) is 0 Å². The summed E-state index contributed by atoms with van der Waals surface area (Å²) in [7, 11) is -3.31. The van der Waals surface area contributed by atoms with Crippen molar-refractivity contribution in [3.05, 3.63) is 29.8 Å². The summed E-state index contributed by atoms with van der Waals surface area (Å²) in [6.45, 7) is 1.13. The number of amides is 1. The molecule has 0 bridgehead atoms. The monoisotopic (exact) mass is 310 g/mol. The van der Waals surface area contributed by atoms with Gasteiger partial charge < -0.3 is 10.6 Å². The van der Waals surface area contributed by atoms with Gasteiger partial charge in [0.1, 0.15) is 0 Å². The van der Waals surface area contributed by atoms with Crippen LogP contribution in [-0.4, -0.2) is 44.6 Å². The van der Waals surface area contributed by atoms with E-state index in [-0.39, 0.29) is 16.8 Å². The van der Waals surface area contributed by atoms with Gasteiger partial charge in [-0.25, -0.2) is 8.42 Å². The molecule has 1 atom stereocenters. The molecule has 1 aromatic carbocycles. The molecule has 1 aliphatic heterocycles. The van der Waals surface area contributed by atoms with Gasteiger partial charge >= 0.3 is 0 Å². The van der Waals surface area contributed by atoms with E-state index in [1.807, 2.05) is 0 Å². The number of carbonyl (C=O) groups excluding carboxylic acids is 1. The van der Waals surface area contributed by atoms with Crippen LogP contribution in [0.25, 0.3) is 0 Å². The van der Waals surface area contributed by atoms with E-state index < -0.39 is 9.84 Å². The molecule has 1 saturated heterocycles. The fourth-order valence-corrected chi connectivity index (χ4v) is 3.38. The summed E-state index contributed by atoms with van der Waals surface area (Å²) in [5.74, 6) is -0.127. The van der Waals surface area contributed by atoms with Crippen molar-refractivity contribution in [2.75, 3.05) is 19.3 Å². The van der Waals surface area contributed by atoms with Crippen LogP contribution in [0.5, 0.6) is 0 Å².